The van der Waals surface area contributed by atoms with Crippen molar-refractivity contribution in [3.05, 3.63) is 0 Å². The zero-order chi connectivity index (χ0) is 16.0. The minimum Gasteiger partial charge on any atom is -0.351 e. The molecule has 0 spiro atoms. The van der Waals surface area contributed by atoms with Crippen LogP contribution in [0.25, 0.3) is 0 Å². The Morgan fingerprint density at radius 2 is 1.60 bits per heavy atom. The molecule has 0 saturated carbocycles. The minimum absolute atomic E-state index is 0.0448. The van der Waals surface area contributed by atoms with E-state index in [0.29, 0.717) is 6.42 Å². The standard InChI is InChI=1S/C16H32N2O2/c1-8-9-13(19)17-16(6,7)11-10-12(2)14(20)18-15(3,4)5/h12H,8-11H2,1-7H3,(H,17,19)(H,18,20). The molecule has 0 bridgehead atoms. The molecule has 20 heavy (non-hydrogen) atoms. The van der Waals surface area contributed by atoms with E-state index in [9.17, 15) is 9.59 Å². The Kier molecular flexibility index (Phi) is 7.25. The molecule has 0 aromatic rings. The minimum atomic E-state index is -0.261. The zero-order valence-electron chi connectivity index (χ0n) is 14.2. The predicted octanol–water partition coefficient (Wildman–Crippen LogP) is 3.01. The highest BCUT2D eigenvalue weighted by atomic mass is 16.2. The van der Waals surface area contributed by atoms with Gasteiger partial charge >= 0.3 is 0 Å². The van der Waals surface area contributed by atoms with Gasteiger partial charge in [0.25, 0.3) is 0 Å². The van der Waals surface area contributed by atoms with Crippen LogP contribution in [-0.4, -0.2) is 22.9 Å². The third-order valence-corrected chi connectivity index (χ3v) is 3.10. The van der Waals surface area contributed by atoms with Crippen LogP contribution in [0, 0.1) is 5.92 Å². The average molecular weight is 284 g/mol. The fraction of sp³-hybridized carbons (Fsp3) is 0.875. The Hall–Kier alpha value is -1.06. The van der Waals surface area contributed by atoms with E-state index in [2.05, 4.69) is 10.6 Å². The SMILES string of the molecule is CCCC(=O)NC(C)(C)CCC(C)C(=O)NC(C)(C)C. The van der Waals surface area contributed by atoms with Crippen LogP contribution in [0.3, 0.4) is 0 Å². The van der Waals surface area contributed by atoms with Crippen LogP contribution < -0.4 is 10.6 Å². The smallest absolute Gasteiger partial charge is 0.223 e. The monoisotopic (exact) mass is 284 g/mol. The van der Waals surface area contributed by atoms with Gasteiger partial charge in [0.15, 0.2) is 0 Å². The van der Waals surface area contributed by atoms with E-state index in [0.717, 1.165) is 19.3 Å². The Labute approximate surface area is 124 Å². The summed E-state index contributed by atoms with van der Waals surface area (Å²) in [5, 5.41) is 6.02. The van der Waals surface area contributed by atoms with E-state index in [1.54, 1.807) is 0 Å². The molecule has 118 valence electrons. The van der Waals surface area contributed by atoms with E-state index in [4.69, 9.17) is 0 Å². The van der Waals surface area contributed by atoms with Crippen molar-refractivity contribution in [2.45, 2.75) is 85.2 Å². The first-order chi connectivity index (χ1) is 8.97. The molecule has 1 unspecified atom stereocenters. The van der Waals surface area contributed by atoms with Crippen molar-refractivity contribution in [1.82, 2.24) is 10.6 Å². The molecule has 0 aliphatic rings. The first-order valence-electron chi connectivity index (χ1n) is 7.60. The lowest BCUT2D eigenvalue weighted by Crippen LogP contribution is -2.45. The molecule has 0 aromatic carbocycles. The van der Waals surface area contributed by atoms with E-state index in [1.807, 2.05) is 48.5 Å². The molecule has 0 saturated heterocycles. The van der Waals surface area contributed by atoms with Gasteiger partial charge in [-0.2, -0.15) is 0 Å². The van der Waals surface area contributed by atoms with Gasteiger partial charge in [0, 0.05) is 23.4 Å². The number of amides is 2. The first-order valence-corrected chi connectivity index (χ1v) is 7.60. The van der Waals surface area contributed by atoms with E-state index in [-0.39, 0.29) is 28.8 Å². The molecule has 0 heterocycles. The number of nitrogens with one attached hydrogen (secondary N) is 2. The normalized spacial score (nSPS) is 13.8. The van der Waals surface area contributed by atoms with Gasteiger partial charge in [0.1, 0.15) is 0 Å². The van der Waals surface area contributed by atoms with Crippen molar-refractivity contribution in [3.8, 4) is 0 Å². The molecule has 1 atom stereocenters. The molecule has 4 heteroatoms. The van der Waals surface area contributed by atoms with Crippen molar-refractivity contribution in [2.75, 3.05) is 0 Å². The van der Waals surface area contributed by atoms with Crippen LogP contribution in [0.15, 0.2) is 0 Å². The highest BCUT2D eigenvalue weighted by Gasteiger charge is 2.24. The summed E-state index contributed by atoms with van der Waals surface area (Å²) in [5.41, 5.74) is -0.460. The van der Waals surface area contributed by atoms with Gasteiger partial charge in [0.2, 0.25) is 11.8 Å². The van der Waals surface area contributed by atoms with Crippen molar-refractivity contribution < 1.29 is 9.59 Å². The van der Waals surface area contributed by atoms with Crippen LogP contribution >= 0.6 is 0 Å². The predicted molar refractivity (Wildman–Crippen MR) is 83.4 cm³/mol. The summed E-state index contributed by atoms with van der Waals surface area (Å²) >= 11 is 0. The van der Waals surface area contributed by atoms with Gasteiger partial charge in [-0.15, -0.1) is 0 Å². The third-order valence-electron chi connectivity index (χ3n) is 3.10. The molecule has 2 amide bonds. The molecule has 0 rings (SSSR count). The van der Waals surface area contributed by atoms with Gasteiger partial charge in [-0.3, -0.25) is 9.59 Å². The maximum absolute atomic E-state index is 12.0. The number of hydrogen-bond donors (Lipinski definition) is 2. The maximum atomic E-state index is 12.0. The number of carbonyl (C=O) groups is 2. The Bertz CT molecular complexity index is 330. The van der Waals surface area contributed by atoms with Crippen molar-refractivity contribution in [1.29, 1.82) is 0 Å². The summed E-state index contributed by atoms with van der Waals surface area (Å²) in [5.74, 6) is 0.119. The fourth-order valence-electron chi connectivity index (χ4n) is 1.93. The Balaban J connectivity index is 4.25. The summed E-state index contributed by atoms with van der Waals surface area (Å²) in [6, 6.07) is 0. The average Bonchev–Trinajstić information content (AvgIpc) is 2.23. The second-order valence-electron chi connectivity index (χ2n) is 7.36. The molecule has 0 radical (unpaired) electrons. The quantitative estimate of drug-likeness (QED) is 0.755. The van der Waals surface area contributed by atoms with E-state index < -0.39 is 0 Å². The van der Waals surface area contributed by atoms with Gasteiger partial charge in [-0.1, -0.05) is 13.8 Å². The van der Waals surface area contributed by atoms with Crippen LogP contribution in [0.2, 0.25) is 0 Å². The van der Waals surface area contributed by atoms with Crippen LogP contribution in [0.4, 0.5) is 0 Å². The second kappa shape index (κ2) is 7.65. The summed E-state index contributed by atoms with van der Waals surface area (Å²) in [6.45, 7) is 13.9. The summed E-state index contributed by atoms with van der Waals surface area (Å²) in [7, 11) is 0. The van der Waals surface area contributed by atoms with Crippen molar-refractivity contribution in [2.24, 2.45) is 5.92 Å². The van der Waals surface area contributed by atoms with Crippen LogP contribution in [0.1, 0.15) is 74.1 Å². The molecule has 0 fully saturated rings. The van der Waals surface area contributed by atoms with E-state index >= 15 is 0 Å². The number of carbonyl (C=O) groups excluding carboxylic acids is 2. The topological polar surface area (TPSA) is 58.2 Å². The molecular weight excluding hydrogens is 252 g/mol. The van der Waals surface area contributed by atoms with E-state index in [1.165, 1.54) is 0 Å². The van der Waals surface area contributed by atoms with Crippen LogP contribution in [-0.2, 0) is 9.59 Å². The van der Waals surface area contributed by atoms with Gasteiger partial charge in [0.05, 0.1) is 0 Å². The fourth-order valence-corrected chi connectivity index (χ4v) is 1.93. The molecule has 0 aromatic heterocycles. The second-order valence-corrected chi connectivity index (χ2v) is 7.36. The Morgan fingerprint density at radius 3 is 2.05 bits per heavy atom. The van der Waals surface area contributed by atoms with Gasteiger partial charge in [-0.25, -0.2) is 0 Å². The summed E-state index contributed by atoms with van der Waals surface area (Å²) in [6.07, 6.45) is 2.97. The number of rotatable bonds is 7. The van der Waals surface area contributed by atoms with Crippen molar-refractivity contribution >= 4 is 11.8 Å². The third kappa shape index (κ3) is 8.94. The lowest BCUT2D eigenvalue weighted by molar-refractivity contribution is -0.126. The maximum Gasteiger partial charge on any atom is 0.223 e. The molecular formula is C16H32N2O2. The summed E-state index contributed by atoms with van der Waals surface area (Å²) < 4.78 is 0. The van der Waals surface area contributed by atoms with Gasteiger partial charge < -0.3 is 10.6 Å². The summed E-state index contributed by atoms with van der Waals surface area (Å²) in [4.78, 5) is 23.6. The molecule has 0 aliphatic carbocycles. The highest BCUT2D eigenvalue weighted by Crippen LogP contribution is 2.17. The highest BCUT2D eigenvalue weighted by molar-refractivity contribution is 5.79. The van der Waals surface area contributed by atoms with Crippen LogP contribution in [0.5, 0.6) is 0 Å². The Morgan fingerprint density at radius 1 is 1.05 bits per heavy atom. The first kappa shape index (κ1) is 18.9. The largest absolute Gasteiger partial charge is 0.351 e. The lowest BCUT2D eigenvalue weighted by Gasteiger charge is -2.28. The lowest BCUT2D eigenvalue weighted by atomic mass is 9.92. The molecule has 2 N–H and O–H groups in total. The molecule has 4 nitrogen and oxygen atoms in total. The number of hydrogen-bond acceptors (Lipinski definition) is 2. The van der Waals surface area contributed by atoms with Crippen molar-refractivity contribution in [3.63, 3.8) is 0 Å². The molecule has 0 aliphatic heterocycles. The van der Waals surface area contributed by atoms with Gasteiger partial charge in [-0.05, 0) is 53.9 Å². The zero-order valence-corrected chi connectivity index (χ0v) is 14.2.